The standard InChI is InChI=1S/C16H24N2OS/c1-13-6-8-18(9-7-13)10-11-19-15-4-2-14(3-5-15)12-16(17)20/h2-5,13H,6-12H2,1H3,(H2,17,20). The first-order valence-electron chi connectivity index (χ1n) is 7.36. The zero-order chi connectivity index (χ0) is 14.4. The second-order valence-electron chi connectivity index (χ2n) is 5.66. The van der Waals surface area contributed by atoms with E-state index >= 15 is 0 Å². The molecule has 1 aromatic carbocycles. The molecule has 1 fully saturated rings. The van der Waals surface area contributed by atoms with Crippen LogP contribution in [-0.4, -0.2) is 36.1 Å². The minimum Gasteiger partial charge on any atom is -0.492 e. The summed E-state index contributed by atoms with van der Waals surface area (Å²) in [5.41, 5.74) is 6.66. The molecule has 1 aliphatic heterocycles. The SMILES string of the molecule is CC1CCN(CCOc2ccc(CC(N)=S)cc2)CC1. The molecule has 0 saturated carbocycles. The second kappa shape index (κ2) is 7.60. The van der Waals surface area contributed by atoms with Crippen molar-refractivity contribution in [3.8, 4) is 5.75 Å². The Labute approximate surface area is 127 Å². The summed E-state index contributed by atoms with van der Waals surface area (Å²) in [6.45, 7) is 6.52. The molecular weight excluding hydrogens is 268 g/mol. The predicted octanol–water partition coefficient (Wildman–Crippen LogP) is 2.63. The van der Waals surface area contributed by atoms with Gasteiger partial charge >= 0.3 is 0 Å². The van der Waals surface area contributed by atoms with Gasteiger partial charge in [0.2, 0.25) is 0 Å². The monoisotopic (exact) mass is 292 g/mol. The zero-order valence-corrected chi connectivity index (χ0v) is 13.0. The van der Waals surface area contributed by atoms with E-state index in [1.54, 1.807) is 0 Å². The Bertz CT molecular complexity index is 425. The summed E-state index contributed by atoms with van der Waals surface area (Å²) in [4.78, 5) is 3.01. The topological polar surface area (TPSA) is 38.5 Å². The van der Waals surface area contributed by atoms with Crippen LogP contribution >= 0.6 is 12.2 Å². The zero-order valence-electron chi connectivity index (χ0n) is 12.2. The van der Waals surface area contributed by atoms with E-state index in [1.807, 2.05) is 24.3 Å². The van der Waals surface area contributed by atoms with E-state index in [9.17, 15) is 0 Å². The van der Waals surface area contributed by atoms with Crippen LogP contribution in [0.15, 0.2) is 24.3 Å². The van der Waals surface area contributed by atoms with Crippen LogP contribution in [0.3, 0.4) is 0 Å². The van der Waals surface area contributed by atoms with Crippen LogP contribution in [0.2, 0.25) is 0 Å². The van der Waals surface area contributed by atoms with Crippen LogP contribution in [0.25, 0.3) is 0 Å². The smallest absolute Gasteiger partial charge is 0.119 e. The predicted molar refractivity (Wildman–Crippen MR) is 87.3 cm³/mol. The number of rotatable bonds is 6. The Morgan fingerprint density at radius 1 is 1.30 bits per heavy atom. The van der Waals surface area contributed by atoms with E-state index in [0.29, 0.717) is 11.4 Å². The lowest BCUT2D eigenvalue weighted by atomic mass is 9.99. The number of nitrogens with zero attached hydrogens (tertiary/aromatic N) is 1. The van der Waals surface area contributed by atoms with Gasteiger partial charge < -0.3 is 10.5 Å². The van der Waals surface area contributed by atoms with E-state index < -0.39 is 0 Å². The number of piperidine rings is 1. The molecular formula is C16H24N2OS. The van der Waals surface area contributed by atoms with Crippen LogP contribution in [0, 0.1) is 5.92 Å². The van der Waals surface area contributed by atoms with E-state index in [-0.39, 0.29) is 0 Å². The fourth-order valence-electron chi connectivity index (χ4n) is 2.48. The maximum absolute atomic E-state index is 5.79. The molecule has 0 amide bonds. The Morgan fingerprint density at radius 3 is 2.55 bits per heavy atom. The number of likely N-dealkylation sites (tertiary alicyclic amines) is 1. The van der Waals surface area contributed by atoms with Crippen LogP contribution in [0.4, 0.5) is 0 Å². The van der Waals surface area contributed by atoms with E-state index in [0.717, 1.165) is 30.4 Å². The van der Waals surface area contributed by atoms with Gasteiger partial charge in [-0.3, -0.25) is 4.90 Å². The molecule has 20 heavy (non-hydrogen) atoms. The molecule has 0 aromatic heterocycles. The number of nitrogens with two attached hydrogens (primary N) is 1. The first kappa shape index (κ1) is 15.3. The van der Waals surface area contributed by atoms with Gasteiger partial charge in [0, 0.05) is 13.0 Å². The minimum atomic E-state index is 0.526. The second-order valence-corrected chi connectivity index (χ2v) is 6.18. The van der Waals surface area contributed by atoms with Crippen molar-refractivity contribution in [3.63, 3.8) is 0 Å². The van der Waals surface area contributed by atoms with E-state index in [1.165, 1.54) is 25.9 Å². The maximum Gasteiger partial charge on any atom is 0.119 e. The number of thiocarbonyl (C=S) groups is 1. The van der Waals surface area contributed by atoms with E-state index in [4.69, 9.17) is 22.7 Å². The molecule has 1 aromatic rings. The molecule has 4 heteroatoms. The molecule has 3 nitrogen and oxygen atoms in total. The lowest BCUT2D eigenvalue weighted by Crippen LogP contribution is -2.35. The normalized spacial score (nSPS) is 17.1. The molecule has 0 spiro atoms. The highest BCUT2D eigenvalue weighted by molar-refractivity contribution is 7.80. The van der Waals surface area contributed by atoms with Crippen molar-refractivity contribution in [3.05, 3.63) is 29.8 Å². The van der Waals surface area contributed by atoms with Gasteiger partial charge in [-0.15, -0.1) is 0 Å². The maximum atomic E-state index is 5.79. The van der Waals surface area contributed by atoms with Crippen molar-refractivity contribution < 1.29 is 4.74 Å². The van der Waals surface area contributed by atoms with Gasteiger partial charge in [0.05, 0.1) is 4.99 Å². The Balaban J connectivity index is 1.70. The third kappa shape index (κ3) is 5.10. The van der Waals surface area contributed by atoms with Crippen molar-refractivity contribution in [1.29, 1.82) is 0 Å². The molecule has 2 N–H and O–H groups in total. The van der Waals surface area contributed by atoms with Gasteiger partial charge in [0.1, 0.15) is 12.4 Å². The van der Waals surface area contributed by atoms with Gasteiger partial charge in [0.15, 0.2) is 0 Å². The molecule has 0 unspecified atom stereocenters. The van der Waals surface area contributed by atoms with Crippen molar-refractivity contribution in [1.82, 2.24) is 4.90 Å². The molecule has 0 atom stereocenters. The molecule has 110 valence electrons. The third-order valence-electron chi connectivity index (χ3n) is 3.85. The number of ether oxygens (including phenoxy) is 1. The summed E-state index contributed by atoms with van der Waals surface area (Å²) >= 11 is 4.90. The first-order chi connectivity index (χ1) is 9.63. The molecule has 0 aliphatic carbocycles. The molecule has 1 aliphatic rings. The average molecular weight is 292 g/mol. The number of hydrogen-bond acceptors (Lipinski definition) is 3. The third-order valence-corrected chi connectivity index (χ3v) is 4.00. The fraction of sp³-hybridized carbons (Fsp3) is 0.562. The number of hydrogen-bond donors (Lipinski definition) is 1. The van der Waals surface area contributed by atoms with Crippen LogP contribution < -0.4 is 10.5 Å². The van der Waals surface area contributed by atoms with Crippen LogP contribution in [-0.2, 0) is 6.42 Å². The summed E-state index contributed by atoms with van der Waals surface area (Å²) < 4.78 is 5.79. The summed E-state index contributed by atoms with van der Waals surface area (Å²) in [7, 11) is 0. The van der Waals surface area contributed by atoms with Crippen molar-refractivity contribution in [2.75, 3.05) is 26.2 Å². The quantitative estimate of drug-likeness (QED) is 0.818. The van der Waals surface area contributed by atoms with Gasteiger partial charge in [0.25, 0.3) is 0 Å². The minimum absolute atomic E-state index is 0.526. The largest absolute Gasteiger partial charge is 0.492 e. The van der Waals surface area contributed by atoms with Gasteiger partial charge in [-0.25, -0.2) is 0 Å². The lowest BCUT2D eigenvalue weighted by Gasteiger charge is -2.29. The Hall–Kier alpha value is -1.13. The molecule has 2 rings (SSSR count). The number of benzene rings is 1. The Kier molecular flexibility index (Phi) is 5.80. The highest BCUT2D eigenvalue weighted by Crippen LogP contribution is 2.16. The molecule has 0 bridgehead atoms. The van der Waals surface area contributed by atoms with Crippen molar-refractivity contribution in [2.24, 2.45) is 11.7 Å². The lowest BCUT2D eigenvalue weighted by molar-refractivity contribution is 0.160. The summed E-state index contributed by atoms with van der Waals surface area (Å²) in [5, 5.41) is 0. The highest BCUT2D eigenvalue weighted by Gasteiger charge is 2.14. The van der Waals surface area contributed by atoms with Gasteiger partial charge in [-0.1, -0.05) is 31.3 Å². The van der Waals surface area contributed by atoms with E-state index in [2.05, 4.69) is 11.8 Å². The van der Waals surface area contributed by atoms with Crippen molar-refractivity contribution in [2.45, 2.75) is 26.2 Å². The van der Waals surface area contributed by atoms with Crippen LogP contribution in [0.5, 0.6) is 5.75 Å². The Morgan fingerprint density at radius 2 is 1.95 bits per heavy atom. The molecule has 1 saturated heterocycles. The van der Waals surface area contributed by atoms with Crippen molar-refractivity contribution >= 4 is 17.2 Å². The average Bonchev–Trinajstić information content (AvgIpc) is 2.42. The van der Waals surface area contributed by atoms with Gasteiger partial charge in [-0.05, 0) is 49.5 Å². The molecule has 0 radical (unpaired) electrons. The van der Waals surface area contributed by atoms with Gasteiger partial charge in [-0.2, -0.15) is 0 Å². The highest BCUT2D eigenvalue weighted by atomic mass is 32.1. The van der Waals surface area contributed by atoms with Crippen LogP contribution in [0.1, 0.15) is 25.3 Å². The summed E-state index contributed by atoms with van der Waals surface area (Å²) in [6.07, 6.45) is 3.28. The summed E-state index contributed by atoms with van der Waals surface area (Å²) in [5.74, 6) is 1.80. The summed E-state index contributed by atoms with van der Waals surface area (Å²) in [6, 6.07) is 8.03. The fourth-order valence-corrected chi connectivity index (χ4v) is 2.65. The first-order valence-corrected chi connectivity index (χ1v) is 7.76. The molecule has 1 heterocycles.